The standard InChI is InChI=1S/C13H19NO3S/c1-9-11(18-13(16)14-9)12(15)17-8-7-10-5-3-2-4-6-10/h10H,2-8H2,1H3,(H,14,16). The number of nitrogens with one attached hydrogen (secondary N) is 1. The molecule has 2 rings (SSSR count). The normalized spacial score (nSPS) is 16.7. The molecule has 0 saturated heterocycles. The highest BCUT2D eigenvalue weighted by molar-refractivity contribution is 7.11. The summed E-state index contributed by atoms with van der Waals surface area (Å²) in [5.74, 6) is 0.337. The maximum atomic E-state index is 11.7. The van der Waals surface area contributed by atoms with Gasteiger partial charge in [0, 0.05) is 5.69 Å². The third kappa shape index (κ3) is 3.45. The SMILES string of the molecule is Cc1[nH]c(=O)sc1C(=O)OCCC1CCCCC1. The van der Waals surface area contributed by atoms with Crippen LogP contribution in [0.5, 0.6) is 0 Å². The number of aromatic nitrogens is 1. The zero-order valence-corrected chi connectivity index (χ0v) is 11.5. The van der Waals surface area contributed by atoms with Gasteiger partial charge in [-0.05, 0) is 19.3 Å². The minimum atomic E-state index is -0.369. The third-order valence-corrected chi connectivity index (χ3v) is 4.46. The first-order valence-corrected chi connectivity index (χ1v) is 7.35. The van der Waals surface area contributed by atoms with Gasteiger partial charge in [-0.15, -0.1) is 0 Å². The van der Waals surface area contributed by atoms with Gasteiger partial charge in [-0.1, -0.05) is 43.4 Å². The van der Waals surface area contributed by atoms with Crippen molar-refractivity contribution in [1.29, 1.82) is 0 Å². The van der Waals surface area contributed by atoms with Crippen LogP contribution in [0.3, 0.4) is 0 Å². The molecule has 18 heavy (non-hydrogen) atoms. The fraction of sp³-hybridized carbons (Fsp3) is 0.692. The molecule has 0 bridgehead atoms. The van der Waals surface area contributed by atoms with Crippen molar-refractivity contribution < 1.29 is 9.53 Å². The summed E-state index contributed by atoms with van der Waals surface area (Å²) in [4.78, 5) is 25.6. The van der Waals surface area contributed by atoms with Crippen LogP contribution in [0.4, 0.5) is 0 Å². The number of aromatic amines is 1. The number of carbonyl (C=O) groups is 1. The molecule has 1 heterocycles. The second kappa shape index (κ2) is 6.18. The largest absolute Gasteiger partial charge is 0.461 e. The molecule has 1 aromatic rings. The van der Waals surface area contributed by atoms with Crippen LogP contribution < -0.4 is 4.87 Å². The highest BCUT2D eigenvalue weighted by atomic mass is 32.1. The maximum Gasteiger partial charge on any atom is 0.350 e. The molecule has 4 nitrogen and oxygen atoms in total. The maximum absolute atomic E-state index is 11.7. The van der Waals surface area contributed by atoms with E-state index in [0.717, 1.165) is 17.8 Å². The van der Waals surface area contributed by atoms with Gasteiger partial charge in [0.15, 0.2) is 0 Å². The van der Waals surface area contributed by atoms with Crippen molar-refractivity contribution in [2.24, 2.45) is 5.92 Å². The van der Waals surface area contributed by atoms with Gasteiger partial charge in [0.05, 0.1) is 6.61 Å². The quantitative estimate of drug-likeness (QED) is 0.855. The van der Waals surface area contributed by atoms with E-state index in [2.05, 4.69) is 4.98 Å². The summed E-state index contributed by atoms with van der Waals surface area (Å²) in [5, 5.41) is 0. The van der Waals surface area contributed by atoms with Gasteiger partial charge in [-0.25, -0.2) is 4.79 Å². The molecule has 100 valence electrons. The van der Waals surface area contributed by atoms with Gasteiger partial charge in [-0.3, -0.25) is 4.79 Å². The number of hydrogen-bond donors (Lipinski definition) is 1. The number of carbonyl (C=O) groups excluding carboxylic acids is 1. The van der Waals surface area contributed by atoms with E-state index < -0.39 is 0 Å². The lowest BCUT2D eigenvalue weighted by Gasteiger charge is -2.20. The topological polar surface area (TPSA) is 59.2 Å². The van der Waals surface area contributed by atoms with Crippen LogP contribution in [-0.4, -0.2) is 17.6 Å². The van der Waals surface area contributed by atoms with E-state index in [-0.39, 0.29) is 10.8 Å². The molecule has 1 fully saturated rings. The highest BCUT2D eigenvalue weighted by Gasteiger charge is 2.17. The summed E-state index contributed by atoms with van der Waals surface area (Å²) in [5.41, 5.74) is 0.604. The van der Waals surface area contributed by atoms with Crippen molar-refractivity contribution in [3.05, 3.63) is 20.2 Å². The van der Waals surface area contributed by atoms with Crippen molar-refractivity contribution in [3.8, 4) is 0 Å². The number of ether oxygens (including phenoxy) is 1. The molecule has 0 amide bonds. The van der Waals surface area contributed by atoms with Gasteiger partial charge < -0.3 is 9.72 Å². The Morgan fingerprint density at radius 1 is 1.39 bits per heavy atom. The molecule has 0 radical (unpaired) electrons. The average Bonchev–Trinajstić information content (AvgIpc) is 2.70. The summed E-state index contributed by atoms with van der Waals surface area (Å²) in [6.45, 7) is 2.19. The first-order valence-electron chi connectivity index (χ1n) is 6.53. The minimum Gasteiger partial charge on any atom is -0.461 e. The molecular weight excluding hydrogens is 250 g/mol. The van der Waals surface area contributed by atoms with E-state index in [1.54, 1.807) is 6.92 Å². The Morgan fingerprint density at radius 3 is 2.72 bits per heavy atom. The van der Waals surface area contributed by atoms with Crippen LogP contribution in [0.15, 0.2) is 4.79 Å². The fourth-order valence-electron chi connectivity index (χ4n) is 2.46. The van der Waals surface area contributed by atoms with E-state index >= 15 is 0 Å². The van der Waals surface area contributed by atoms with Gasteiger partial charge >= 0.3 is 10.8 Å². The molecule has 5 heteroatoms. The van der Waals surface area contributed by atoms with Crippen molar-refractivity contribution in [2.45, 2.75) is 45.4 Å². The van der Waals surface area contributed by atoms with Gasteiger partial charge in [-0.2, -0.15) is 0 Å². The second-order valence-corrected chi connectivity index (χ2v) is 5.88. The predicted octanol–water partition coefficient (Wildman–Crippen LogP) is 2.87. The Balaban J connectivity index is 1.78. The van der Waals surface area contributed by atoms with Crippen LogP contribution in [0.25, 0.3) is 0 Å². The molecule has 0 aliphatic heterocycles. The average molecular weight is 269 g/mol. The summed E-state index contributed by atoms with van der Waals surface area (Å²) >= 11 is 0.923. The van der Waals surface area contributed by atoms with Gasteiger partial charge in [0.25, 0.3) is 0 Å². The first-order chi connectivity index (χ1) is 8.66. The molecule has 1 aromatic heterocycles. The lowest BCUT2D eigenvalue weighted by atomic mass is 9.87. The molecule has 0 spiro atoms. The molecule has 1 aliphatic rings. The van der Waals surface area contributed by atoms with E-state index in [4.69, 9.17) is 4.74 Å². The number of hydrogen-bond acceptors (Lipinski definition) is 4. The van der Waals surface area contributed by atoms with Gasteiger partial charge in [0.2, 0.25) is 0 Å². The van der Waals surface area contributed by atoms with Gasteiger partial charge in [0.1, 0.15) is 4.88 Å². The monoisotopic (exact) mass is 269 g/mol. The zero-order chi connectivity index (χ0) is 13.0. The van der Waals surface area contributed by atoms with Crippen molar-refractivity contribution in [1.82, 2.24) is 4.98 Å². The minimum absolute atomic E-state index is 0.202. The summed E-state index contributed by atoms with van der Waals surface area (Å²) in [7, 11) is 0. The third-order valence-electron chi connectivity index (χ3n) is 3.49. The van der Waals surface area contributed by atoms with Crippen molar-refractivity contribution >= 4 is 17.3 Å². The van der Waals surface area contributed by atoms with E-state index in [0.29, 0.717) is 23.1 Å². The highest BCUT2D eigenvalue weighted by Crippen LogP contribution is 2.26. The Hall–Kier alpha value is -1.10. The lowest BCUT2D eigenvalue weighted by molar-refractivity contribution is 0.0479. The van der Waals surface area contributed by atoms with E-state index in [1.807, 2.05) is 0 Å². The molecule has 0 aromatic carbocycles. The number of rotatable bonds is 4. The van der Waals surface area contributed by atoms with E-state index in [1.165, 1.54) is 32.1 Å². The number of thiazole rings is 1. The summed E-state index contributed by atoms with van der Waals surface area (Å²) in [6, 6.07) is 0. The van der Waals surface area contributed by atoms with E-state index in [9.17, 15) is 9.59 Å². The van der Waals surface area contributed by atoms with Crippen molar-refractivity contribution in [3.63, 3.8) is 0 Å². The number of aryl methyl sites for hydroxylation is 1. The van der Waals surface area contributed by atoms with Crippen LogP contribution in [0.1, 0.15) is 53.9 Å². The molecule has 1 aliphatic carbocycles. The Morgan fingerprint density at radius 2 is 2.11 bits per heavy atom. The summed E-state index contributed by atoms with van der Waals surface area (Å²) < 4.78 is 5.24. The fourth-order valence-corrected chi connectivity index (χ4v) is 3.19. The predicted molar refractivity (Wildman–Crippen MR) is 71.2 cm³/mol. The number of esters is 1. The molecule has 0 atom stereocenters. The zero-order valence-electron chi connectivity index (χ0n) is 10.7. The van der Waals surface area contributed by atoms with Crippen LogP contribution >= 0.6 is 11.3 Å². The van der Waals surface area contributed by atoms with Crippen molar-refractivity contribution in [2.75, 3.05) is 6.61 Å². The van der Waals surface area contributed by atoms with Crippen LogP contribution in [-0.2, 0) is 4.74 Å². The Bertz CT molecular complexity index is 457. The molecule has 1 saturated carbocycles. The molecule has 0 unspecified atom stereocenters. The molecule has 1 N–H and O–H groups in total. The molecular formula is C13H19NO3S. The Kier molecular flexibility index (Phi) is 4.58. The van der Waals surface area contributed by atoms with Crippen LogP contribution in [0.2, 0.25) is 0 Å². The Labute approximate surface area is 110 Å². The second-order valence-electron chi connectivity index (χ2n) is 4.90. The summed E-state index contributed by atoms with van der Waals surface area (Å²) in [6.07, 6.45) is 7.41. The van der Waals surface area contributed by atoms with Crippen LogP contribution in [0, 0.1) is 12.8 Å². The number of H-pyrrole nitrogens is 1. The lowest BCUT2D eigenvalue weighted by Crippen LogP contribution is -2.12. The first kappa shape index (κ1) is 13.3. The smallest absolute Gasteiger partial charge is 0.350 e.